The number of rotatable bonds is 10. The maximum Gasteiger partial charge on any atom is 0.0663 e. The van der Waals surface area contributed by atoms with Crippen molar-refractivity contribution in [2.45, 2.75) is 57.8 Å². The minimum absolute atomic E-state index is 0.557. The molecule has 1 nitrogen and oxygen atoms in total. The number of nitrogens with zero attached hydrogens (tertiary/aromatic N) is 1. The second-order valence-corrected chi connectivity index (χ2v) is 3.82. The molecular weight excluding hydrogens is 182 g/mol. The maximum absolute atomic E-state index is 8.30. The fourth-order valence-corrected chi connectivity index (χ4v) is 1.51. The van der Waals surface area contributed by atoms with E-state index in [0.29, 0.717) is 6.42 Å². The van der Waals surface area contributed by atoms with Gasteiger partial charge in [0.15, 0.2) is 0 Å². The molecule has 0 bridgehead atoms. The molecular formula is C14H23N. The molecule has 0 rings (SSSR count). The van der Waals surface area contributed by atoms with Crippen LogP contribution in [0.2, 0.25) is 0 Å². The molecule has 0 saturated carbocycles. The normalized spacial score (nSPS) is 10.3. The number of hydrogen-bond donors (Lipinski definition) is 0. The molecule has 0 aromatic carbocycles. The lowest BCUT2D eigenvalue weighted by Gasteiger charge is -1.98. The average Bonchev–Trinajstić information content (AvgIpc) is 2.26. The minimum atomic E-state index is 0.557. The molecule has 0 fully saturated rings. The molecule has 0 aliphatic carbocycles. The monoisotopic (exact) mass is 205 g/mol. The third kappa shape index (κ3) is 13.0. The Labute approximate surface area is 94.5 Å². The van der Waals surface area contributed by atoms with E-state index in [2.05, 4.69) is 18.7 Å². The predicted octanol–water partition coefficient (Wildman–Crippen LogP) is 4.76. The van der Waals surface area contributed by atoms with Crippen LogP contribution < -0.4 is 0 Å². The second kappa shape index (κ2) is 13.0. The second-order valence-electron chi connectivity index (χ2n) is 3.82. The van der Waals surface area contributed by atoms with E-state index in [1.54, 1.807) is 0 Å². The molecule has 0 atom stereocenters. The molecule has 0 aromatic rings. The first-order valence-electron chi connectivity index (χ1n) is 6.04. The van der Waals surface area contributed by atoms with Crippen LogP contribution in [-0.2, 0) is 0 Å². The highest BCUT2D eigenvalue weighted by Crippen LogP contribution is 2.08. The van der Waals surface area contributed by atoms with Crippen LogP contribution >= 0.6 is 0 Å². The molecule has 84 valence electrons. The van der Waals surface area contributed by atoms with Gasteiger partial charge in [-0.25, -0.2) is 0 Å². The summed E-state index contributed by atoms with van der Waals surface area (Å²) in [5, 5.41) is 8.30. The summed E-state index contributed by atoms with van der Waals surface area (Å²) >= 11 is 0. The number of unbranched alkanes of at least 4 members (excludes halogenated alkanes) is 7. The summed E-state index contributed by atoms with van der Waals surface area (Å²) < 4.78 is 0. The lowest BCUT2D eigenvalue weighted by Crippen LogP contribution is -1.79. The molecule has 0 amide bonds. The molecule has 0 N–H and O–H groups in total. The predicted molar refractivity (Wildman–Crippen MR) is 66.5 cm³/mol. The van der Waals surface area contributed by atoms with Crippen LogP contribution in [0.5, 0.6) is 0 Å². The molecule has 0 aliphatic heterocycles. The van der Waals surface area contributed by atoms with Gasteiger partial charge in [0.05, 0.1) is 12.5 Å². The number of hydrogen-bond acceptors (Lipinski definition) is 1. The highest BCUT2D eigenvalue weighted by Gasteiger charge is 1.89. The third-order valence-corrected chi connectivity index (χ3v) is 2.40. The summed E-state index contributed by atoms with van der Waals surface area (Å²) in [6.45, 7) is 3.71. The van der Waals surface area contributed by atoms with Crippen molar-refractivity contribution in [3.8, 4) is 6.07 Å². The quantitative estimate of drug-likeness (QED) is 0.372. The van der Waals surface area contributed by atoms with Crippen LogP contribution in [0.1, 0.15) is 57.8 Å². The van der Waals surface area contributed by atoms with Gasteiger partial charge in [-0.1, -0.05) is 43.9 Å². The Bertz CT molecular complexity index is 198. The van der Waals surface area contributed by atoms with Gasteiger partial charge in [0.25, 0.3) is 0 Å². The van der Waals surface area contributed by atoms with Crippen molar-refractivity contribution in [2.75, 3.05) is 0 Å². The summed E-state index contributed by atoms with van der Waals surface area (Å²) in [4.78, 5) is 0. The van der Waals surface area contributed by atoms with Crippen LogP contribution in [0, 0.1) is 11.3 Å². The Morgan fingerprint density at radius 1 is 0.867 bits per heavy atom. The van der Waals surface area contributed by atoms with E-state index in [1.165, 1.54) is 38.5 Å². The molecule has 1 heteroatoms. The molecule has 0 radical (unpaired) electrons. The highest BCUT2D eigenvalue weighted by atomic mass is 14.2. The zero-order chi connectivity index (χ0) is 11.2. The van der Waals surface area contributed by atoms with Crippen LogP contribution in [0.4, 0.5) is 0 Å². The summed E-state index contributed by atoms with van der Waals surface area (Å²) in [6.07, 6.45) is 16.9. The van der Waals surface area contributed by atoms with Crippen molar-refractivity contribution < 1.29 is 0 Å². The lowest BCUT2D eigenvalue weighted by molar-refractivity contribution is 0.600. The van der Waals surface area contributed by atoms with E-state index in [4.69, 9.17) is 5.26 Å². The summed E-state index contributed by atoms with van der Waals surface area (Å²) in [5.41, 5.74) is 0. The highest BCUT2D eigenvalue weighted by molar-refractivity contribution is 4.90. The van der Waals surface area contributed by atoms with Crippen molar-refractivity contribution in [1.82, 2.24) is 0 Å². The summed E-state index contributed by atoms with van der Waals surface area (Å²) in [7, 11) is 0. The standard InChI is InChI=1S/C14H23N/c1-2-3-4-5-6-7-8-9-10-11-12-13-14-15/h2,11-12H,1,3-10,13H2. The topological polar surface area (TPSA) is 23.8 Å². The van der Waals surface area contributed by atoms with Crippen molar-refractivity contribution in [2.24, 2.45) is 0 Å². The van der Waals surface area contributed by atoms with Gasteiger partial charge in [-0.3, -0.25) is 0 Å². The van der Waals surface area contributed by atoms with Gasteiger partial charge in [0, 0.05) is 0 Å². The molecule has 0 aliphatic rings. The van der Waals surface area contributed by atoms with Gasteiger partial charge in [-0.2, -0.15) is 5.26 Å². The fraction of sp³-hybridized carbons (Fsp3) is 0.643. The van der Waals surface area contributed by atoms with E-state index >= 15 is 0 Å². The first kappa shape index (κ1) is 14.0. The van der Waals surface area contributed by atoms with E-state index in [0.717, 1.165) is 12.8 Å². The van der Waals surface area contributed by atoms with Gasteiger partial charge >= 0.3 is 0 Å². The maximum atomic E-state index is 8.30. The van der Waals surface area contributed by atoms with Crippen LogP contribution in [0.3, 0.4) is 0 Å². The minimum Gasteiger partial charge on any atom is -0.198 e. The van der Waals surface area contributed by atoms with Gasteiger partial charge in [0.1, 0.15) is 0 Å². The zero-order valence-electron chi connectivity index (χ0n) is 9.75. The SMILES string of the molecule is C=CCCCCCCCCC=CCC#N. The Morgan fingerprint density at radius 2 is 1.47 bits per heavy atom. The van der Waals surface area contributed by atoms with E-state index in [9.17, 15) is 0 Å². The Balaban J connectivity index is 2.99. The largest absolute Gasteiger partial charge is 0.198 e. The van der Waals surface area contributed by atoms with Crippen molar-refractivity contribution in [3.05, 3.63) is 24.8 Å². The van der Waals surface area contributed by atoms with E-state index < -0.39 is 0 Å². The fourth-order valence-electron chi connectivity index (χ4n) is 1.51. The molecule has 0 heterocycles. The number of allylic oxidation sites excluding steroid dienone is 3. The molecule has 0 aromatic heterocycles. The van der Waals surface area contributed by atoms with Crippen molar-refractivity contribution in [3.63, 3.8) is 0 Å². The summed E-state index contributed by atoms with van der Waals surface area (Å²) in [5.74, 6) is 0. The molecule has 0 saturated heterocycles. The van der Waals surface area contributed by atoms with Crippen molar-refractivity contribution >= 4 is 0 Å². The van der Waals surface area contributed by atoms with E-state index in [1.807, 2.05) is 12.2 Å². The van der Waals surface area contributed by atoms with Crippen LogP contribution in [-0.4, -0.2) is 0 Å². The lowest BCUT2D eigenvalue weighted by atomic mass is 10.1. The van der Waals surface area contributed by atoms with E-state index in [-0.39, 0.29) is 0 Å². The van der Waals surface area contributed by atoms with Gasteiger partial charge in [-0.15, -0.1) is 6.58 Å². The van der Waals surface area contributed by atoms with Crippen LogP contribution in [0.15, 0.2) is 24.8 Å². The zero-order valence-corrected chi connectivity index (χ0v) is 9.75. The molecule has 0 spiro atoms. The molecule has 0 unspecified atom stereocenters. The van der Waals surface area contributed by atoms with Gasteiger partial charge in [0.2, 0.25) is 0 Å². The molecule has 15 heavy (non-hydrogen) atoms. The van der Waals surface area contributed by atoms with Crippen LogP contribution in [0.25, 0.3) is 0 Å². The van der Waals surface area contributed by atoms with Gasteiger partial charge in [-0.05, 0) is 25.7 Å². The summed E-state index contributed by atoms with van der Waals surface area (Å²) in [6, 6.07) is 2.10. The smallest absolute Gasteiger partial charge is 0.0663 e. The van der Waals surface area contributed by atoms with Gasteiger partial charge < -0.3 is 0 Å². The number of nitriles is 1. The van der Waals surface area contributed by atoms with Crippen molar-refractivity contribution in [1.29, 1.82) is 5.26 Å². The Hall–Kier alpha value is -1.03. The first-order chi connectivity index (χ1) is 7.41. The Morgan fingerprint density at radius 3 is 2.07 bits per heavy atom. The first-order valence-corrected chi connectivity index (χ1v) is 6.04. The average molecular weight is 205 g/mol. The third-order valence-electron chi connectivity index (χ3n) is 2.40. The Kier molecular flexibility index (Phi) is 12.1.